The summed E-state index contributed by atoms with van der Waals surface area (Å²) in [5, 5.41) is 3.57. The summed E-state index contributed by atoms with van der Waals surface area (Å²) in [6, 6.07) is 7.38. The molecular formula is C18H25N3O2. The Bertz CT molecular complexity index is 707. The number of carbonyl (C=O) groups excluding carboxylic acids is 1. The van der Waals surface area contributed by atoms with Crippen molar-refractivity contribution in [2.75, 3.05) is 6.54 Å². The van der Waals surface area contributed by atoms with E-state index >= 15 is 0 Å². The zero-order chi connectivity index (χ0) is 16.7. The van der Waals surface area contributed by atoms with E-state index in [2.05, 4.69) is 24.1 Å². The van der Waals surface area contributed by atoms with Gasteiger partial charge in [0.05, 0.1) is 17.2 Å². The molecule has 1 heterocycles. The molecule has 0 atom stereocenters. The second-order valence-electron chi connectivity index (χ2n) is 6.27. The van der Waals surface area contributed by atoms with Gasteiger partial charge in [-0.3, -0.25) is 14.2 Å². The van der Waals surface area contributed by atoms with Crippen molar-refractivity contribution in [3.05, 3.63) is 40.9 Å². The summed E-state index contributed by atoms with van der Waals surface area (Å²) in [7, 11) is 0. The van der Waals surface area contributed by atoms with Gasteiger partial charge >= 0.3 is 0 Å². The number of amides is 1. The number of benzene rings is 1. The molecule has 1 N–H and O–H groups in total. The van der Waals surface area contributed by atoms with E-state index in [1.165, 1.54) is 0 Å². The van der Waals surface area contributed by atoms with Crippen molar-refractivity contribution >= 4 is 16.8 Å². The van der Waals surface area contributed by atoms with Gasteiger partial charge in [0.25, 0.3) is 5.56 Å². The zero-order valence-electron chi connectivity index (χ0n) is 13.9. The largest absolute Gasteiger partial charge is 0.356 e. The van der Waals surface area contributed by atoms with Crippen LogP contribution in [0.5, 0.6) is 0 Å². The van der Waals surface area contributed by atoms with Crippen LogP contribution in [0.4, 0.5) is 0 Å². The van der Waals surface area contributed by atoms with E-state index < -0.39 is 0 Å². The molecule has 124 valence electrons. The summed E-state index contributed by atoms with van der Waals surface area (Å²) in [4.78, 5) is 28.2. The van der Waals surface area contributed by atoms with E-state index in [0.717, 1.165) is 31.3 Å². The summed E-state index contributed by atoms with van der Waals surface area (Å²) in [6.07, 6.45) is 4.81. The van der Waals surface area contributed by atoms with Crippen molar-refractivity contribution in [3.8, 4) is 0 Å². The number of carbonyl (C=O) groups is 1. The van der Waals surface area contributed by atoms with Crippen LogP contribution in [0, 0.1) is 5.92 Å². The number of fused-ring (bicyclic) bond motifs is 1. The first kappa shape index (κ1) is 17.2. The molecule has 5 nitrogen and oxygen atoms in total. The molecule has 0 radical (unpaired) electrons. The number of rotatable bonds is 8. The average molecular weight is 315 g/mol. The van der Waals surface area contributed by atoms with Gasteiger partial charge in [-0.05, 0) is 30.9 Å². The van der Waals surface area contributed by atoms with Crippen molar-refractivity contribution in [1.82, 2.24) is 14.9 Å². The Kier molecular flexibility index (Phi) is 6.32. The van der Waals surface area contributed by atoms with Crippen LogP contribution in [0.1, 0.15) is 39.5 Å². The maximum atomic E-state index is 12.3. The third kappa shape index (κ3) is 5.20. The number of nitrogens with zero attached hydrogens (tertiary/aromatic N) is 2. The van der Waals surface area contributed by atoms with Gasteiger partial charge < -0.3 is 5.32 Å². The molecule has 0 saturated heterocycles. The number of aromatic nitrogens is 2. The highest BCUT2D eigenvalue weighted by Gasteiger charge is 2.04. The van der Waals surface area contributed by atoms with Crippen LogP contribution in [0.3, 0.4) is 0 Å². The first-order valence-electron chi connectivity index (χ1n) is 8.29. The lowest BCUT2D eigenvalue weighted by Gasteiger charge is -2.08. The van der Waals surface area contributed by atoms with Gasteiger partial charge in [0.15, 0.2) is 0 Å². The van der Waals surface area contributed by atoms with Gasteiger partial charge in [0.2, 0.25) is 5.91 Å². The lowest BCUT2D eigenvalue weighted by molar-refractivity contribution is -0.121. The maximum absolute atomic E-state index is 12.3. The molecule has 0 aliphatic carbocycles. The smallest absolute Gasteiger partial charge is 0.261 e. The zero-order valence-corrected chi connectivity index (χ0v) is 13.9. The van der Waals surface area contributed by atoms with Gasteiger partial charge in [0, 0.05) is 19.5 Å². The maximum Gasteiger partial charge on any atom is 0.261 e. The Balaban J connectivity index is 1.76. The van der Waals surface area contributed by atoms with E-state index in [0.29, 0.717) is 24.3 Å². The van der Waals surface area contributed by atoms with Gasteiger partial charge in [-0.1, -0.05) is 32.4 Å². The van der Waals surface area contributed by atoms with Crippen LogP contribution < -0.4 is 10.9 Å². The number of nitrogens with one attached hydrogen (secondary N) is 1. The van der Waals surface area contributed by atoms with Crippen LogP contribution in [-0.2, 0) is 11.3 Å². The minimum absolute atomic E-state index is 0.00489. The average Bonchev–Trinajstić information content (AvgIpc) is 2.54. The SMILES string of the molecule is CC(C)CNC(=O)CCCCCn1cnc2ccccc2c1=O. The number of unbranched alkanes of at least 4 members (excludes halogenated alkanes) is 2. The van der Waals surface area contributed by atoms with Crippen molar-refractivity contribution in [2.45, 2.75) is 46.1 Å². The van der Waals surface area contributed by atoms with Gasteiger partial charge in [-0.25, -0.2) is 4.98 Å². The monoisotopic (exact) mass is 315 g/mol. The topological polar surface area (TPSA) is 64.0 Å². The minimum Gasteiger partial charge on any atom is -0.356 e. The third-order valence-electron chi connectivity index (χ3n) is 3.74. The first-order chi connectivity index (χ1) is 11.1. The Hall–Kier alpha value is -2.17. The molecule has 0 spiro atoms. The van der Waals surface area contributed by atoms with Crippen LogP contribution >= 0.6 is 0 Å². The number of hydrogen-bond acceptors (Lipinski definition) is 3. The lowest BCUT2D eigenvalue weighted by Crippen LogP contribution is -2.26. The number of para-hydroxylation sites is 1. The summed E-state index contributed by atoms with van der Waals surface area (Å²) >= 11 is 0. The molecule has 0 aliphatic heterocycles. The Morgan fingerprint density at radius 1 is 1.22 bits per heavy atom. The van der Waals surface area contributed by atoms with Crippen molar-refractivity contribution in [1.29, 1.82) is 0 Å². The fourth-order valence-electron chi connectivity index (χ4n) is 2.42. The minimum atomic E-state index is 0.00489. The third-order valence-corrected chi connectivity index (χ3v) is 3.74. The molecule has 0 unspecified atom stereocenters. The molecular weight excluding hydrogens is 290 g/mol. The van der Waals surface area contributed by atoms with Gasteiger partial charge in [0.1, 0.15) is 0 Å². The molecule has 0 fully saturated rings. The fraction of sp³-hybridized carbons (Fsp3) is 0.500. The van der Waals surface area contributed by atoms with Gasteiger partial charge in [-0.2, -0.15) is 0 Å². The van der Waals surface area contributed by atoms with E-state index in [4.69, 9.17) is 0 Å². The van der Waals surface area contributed by atoms with Crippen molar-refractivity contribution in [2.24, 2.45) is 5.92 Å². The first-order valence-corrected chi connectivity index (χ1v) is 8.29. The lowest BCUT2D eigenvalue weighted by atomic mass is 10.1. The highest BCUT2D eigenvalue weighted by molar-refractivity contribution is 5.77. The van der Waals surface area contributed by atoms with Crippen molar-refractivity contribution < 1.29 is 4.79 Å². The summed E-state index contributed by atoms with van der Waals surface area (Å²) in [6.45, 7) is 5.53. The Morgan fingerprint density at radius 3 is 2.78 bits per heavy atom. The molecule has 0 aliphatic rings. The molecule has 23 heavy (non-hydrogen) atoms. The highest BCUT2D eigenvalue weighted by atomic mass is 16.1. The normalized spacial score (nSPS) is 11.1. The molecule has 5 heteroatoms. The predicted molar refractivity (Wildman–Crippen MR) is 92.3 cm³/mol. The van der Waals surface area contributed by atoms with E-state index in [-0.39, 0.29) is 11.5 Å². The number of hydrogen-bond donors (Lipinski definition) is 1. The molecule has 1 aromatic heterocycles. The van der Waals surface area contributed by atoms with Crippen LogP contribution in [-0.4, -0.2) is 22.0 Å². The summed E-state index contributed by atoms with van der Waals surface area (Å²) < 4.78 is 1.65. The second-order valence-corrected chi connectivity index (χ2v) is 6.27. The van der Waals surface area contributed by atoms with E-state index in [9.17, 15) is 9.59 Å². The van der Waals surface area contributed by atoms with E-state index in [1.807, 2.05) is 18.2 Å². The molecule has 0 saturated carbocycles. The molecule has 2 aromatic rings. The standard InChI is InChI=1S/C18H25N3O2/c1-14(2)12-19-17(22)10-4-3-7-11-21-13-20-16-9-6-5-8-15(16)18(21)23/h5-6,8-9,13-14H,3-4,7,10-12H2,1-2H3,(H,19,22). The highest BCUT2D eigenvalue weighted by Crippen LogP contribution is 2.06. The Morgan fingerprint density at radius 2 is 2.00 bits per heavy atom. The fourth-order valence-corrected chi connectivity index (χ4v) is 2.42. The number of aryl methyl sites for hydroxylation is 1. The van der Waals surface area contributed by atoms with E-state index in [1.54, 1.807) is 17.0 Å². The Labute approximate surface area is 136 Å². The molecule has 1 aromatic carbocycles. The second kappa shape index (κ2) is 8.46. The molecule has 0 bridgehead atoms. The molecule has 1 amide bonds. The van der Waals surface area contributed by atoms with Crippen molar-refractivity contribution in [3.63, 3.8) is 0 Å². The summed E-state index contributed by atoms with van der Waals surface area (Å²) in [5.41, 5.74) is 0.737. The molecule has 2 rings (SSSR count). The predicted octanol–water partition coefficient (Wildman–Crippen LogP) is 2.73. The summed E-state index contributed by atoms with van der Waals surface area (Å²) in [5.74, 6) is 0.592. The van der Waals surface area contributed by atoms with Crippen LogP contribution in [0.25, 0.3) is 10.9 Å². The van der Waals surface area contributed by atoms with Crippen LogP contribution in [0.2, 0.25) is 0 Å². The van der Waals surface area contributed by atoms with Crippen LogP contribution in [0.15, 0.2) is 35.4 Å². The quantitative estimate of drug-likeness (QED) is 0.762. The van der Waals surface area contributed by atoms with Gasteiger partial charge in [-0.15, -0.1) is 0 Å².